The molecule has 140 valence electrons. The van der Waals surface area contributed by atoms with E-state index < -0.39 is 0 Å². The lowest BCUT2D eigenvalue weighted by atomic mass is 10.1. The van der Waals surface area contributed by atoms with Gasteiger partial charge in [-0.05, 0) is 55.8 Å². The van der Waals surface area contributed by atoms with Gasteiger partial charge >= 0.3 is 0 Å². The zero-order valence-corrected chi connectivity index (χ0v) is 16.4. The van der Waals surface area contributed by atoms with Crippen LogP contribution in [0.3, 0.4) is 0 Å². The molecule has 1 heterocycles. The van der Waals surface area contributed by atoms with Crippen LogP contribution in [0.4, 0.5) is 5.13 Å². The van der Waals surface area contributed by atoms with Crippen LogP contribution in [0.1, 0.15) is 17.4 Å². The number of carbonyl (C=O) groups is 1. The second-order valence-electron chi connectivity index (χ2n) is 5.96. The maximum absolute atomic E-state index is 12.4. The third-order valence-corrected chi connectivity index (χ3v) is 4.87. The SMILES string of the molecule is CCOc1ccc(-c2nc(NC(=O)Cc3cccc(OC)c3)sc2C)cc1. The van der Waals surface area contributed by atoms with Crippen molar-refractivity contribution in [2.24, 2.45) is 0 Å². The average Bonchev–Trinajstić information content (AvgIpc) is 3.02. The molecule has 2 aromatic carbocycles. The van der Waals surface area contributed by atoms with Crippen molar-refractivity contribution in [1.82, 2.24) is 4.98 Å². The maximum Gasteiger partial charge on any atom is 0.230 e. The van der Waals surface area contributed by atoms with E-state index in [1.165, 1.54) is 11.3 Å². The summed E-state index contributed by atoms with van der Waals surface area (Å²) in [6.07, 6.45) is 0.272. The monoisotopic (exact) mass is 382 g/mol. The highest BCUT2D eigenvalue weighted by Crippen LogP contribution is 2.31. The fourth-order valence-corrected chi connectivity index (χ4v) is 3.58. The molecule has 0 saturated carbocycles. The van der Waals surface area contributed by atoms with Crippen molar-refractivity contribution in [3.8, 4) is 22.8 Å². The fraction of sp³-hybridized carbons (Fsp3) is 0.238. The van der Waals surface area contributed by atoms with E-state index in [1.807, 2.05) is 62.4 Å². The second-order valence-corrected chi connectivity index (χ2v) is 7.16. The number of carbonyl (C=O) groups excluding carboxylic acids is 1. The van der Waals surface area contributed by atoms with Gasteiger partial charge in [0.2, 0.25) is 5.91 Å². The predicted molar refractivity (Wildman–Crippen MR) is 109 cm³/mol. The van der Waals surface area contributed by atoms with Crippen LogP contribution in [0, 0.1) is 6.92 Å². The van der Waals surface area contributed by atoms with Crippen molar-refractivity contribution in [2.45, 2.75) is 20.3 Å². The first-order chi connectivity index (χ1) is 13.1. The van der Waals surface area contributed by atoms with Crippen molar-refractivity contribution < 1.29 is 14.3 Å². The van der Waals surface area contributed by atoms with Gasteiger partial charge in [-0.2, -0.15) is 0 Å². The number of nitrogens with one attached hydrogen (secondary N) is 1. The van der Waals surface area contributed by atoms with E-state index in [2.05, 4.69) is 10.3 Å². The van der Waals surface area contributed by atoms with Crippen LogP contribution < -0.4 is 14.8 Å². The van der Waals surface area contributed by atoms with E-state index in [-0.39, 0.29) is 12.3 Å². The molecule has 27 heavy (non-hydrogen) atoms. The van der Waals surface area contributed by atoms with Crippen molar-refractivity contribution in [3.05, 3.63) is 59.0 Å². The molecule has 3 aromatic rings. The van der Waals surface area contributed by atoms with E-state index in [0.29, 0.717) is 11.7 Å². The minimum atomic E-state index is -0.102. The first kappa shape index (κ1) is 18.9. The quantitative estimate of drug-likeness (QED) is 0.643. The van der Waals surface area contributed by atoms with E-state index in [1.54, 1.807) is 7.11 Å². The number of hydrogen-bond donors (Lipinski definition) is 1. The van der Waals surface area contributed by atoms with Crippen LogP contribution in [0.15, 0.2) is 48.5 Å². The van der Waals surface area contributed by atoms with Crippen molar-refractivity contribution in [1.29, 1.82) is 0 Å². The van der Waals surface area contributed by atoms with Crippen LogP contribution in [0.5, 0.6) is 11.5 Å². The Hall–Kier alpha value is -2.86. The molecule has 1 N–H and O–H groups in total. The number of aromatic nitrogens is 1. The van der Waals surface area contributed by atoms with Crippen LogP contribution in [0.2, 0.25) is 0 Å². The molecule has 0 aliphatic carbocycles. The Morgan fingerprint density at radius 2 is 1.93 bits per heavy atom. The van der Waals surface area contributed by atoms with E-state index >= 15 is 0 Å². The normalized spacial score (nSPS) is 10.5. The molecule has 0 spiro atoms. The molecule has 0 aliphatic heterocycles. The van der Waals surface area contributed by atoms with Gasteiger partial charge in [0.1, 0.15) is 11.5 Å². The Balaban J connectivity index is 1.69. The summed E-state index contributed by atoms with van der Waals surface area (Å²) in [5.41, 5.74) is 2.77. The molecule has 0 atom stereocenters. The van der Waals surface area contributed by atoms with Crippen LogP contribution in [0.25, 0.3) is 11.3 Å². The number of anilines is 1. The Morgan fingerprint density at radius 3 is 2.63 bits per heavy atom. The summed E-state index contributed by atoms with van der Waals surface area (Å²) >= 11 is 1.47. The van der Waals surface area contributed by atoms with E-state index in [4.69, 9.17) is 9.47 Å². The highest BCUT2D eigenvalue weighted by Gasteiger charge is 2.13. The van der Waals surface area contributed by atoms with Gasteiger partial charge in [-0.25, -0.2) is 4.98 Å². The van der Waals surface area contributed by atoms with E-state index in [9.17, 15) is 4.79 Å². The molecule has 0 bridgehead atoms. The Labute approximate surface area is 163 Å². The smallest absolute Gasteiger partial charge is 0.230 e. The molecular weight excluding hydrogens is 360 g/mol. The molecule has 0 unspecified atom stereocenters. The molecule has 3 rings (SSSR count). The summed E-state index contributed by atoms with van der Waals surface area (Å²) < 4.78 is 10.7. The molecule has 0 saturated heterocycles. The number of amides is 1. The number of methoxy groups -OCH3 is 1. The number of benzene rings is 2. The summed E-state index contributed by atoms with van der Waals surface area (Å²) in [4.78, 5) is 18.0. The summed E-state index contributed by atoms with van der Waals surface area (Å²) in [6.45, 7) is 4.60. The van der Waals surface area contributed by atoms with Crippen molar-refractivity contribution in [3.63, 3.8) is 0 Å². The molecular formula is C21H22N2O3S. The molecule has 1 aromatic heterocycles. The number of ether oxygens (including phenoxy) is 2. The van der Waals surface area contributed by atoms with Gasteiger partial charge in [0.25, 0.3) is 0 Å². The number of nitrogens with zero attached hydrogens (tertiary/aromatic N) is 1. The van der Waals surface area contributed by atoms with Gasteiger partial charge in [0, 0.05) is 10.4 Å². The largest absolute Gasteiger partial charge is 0.497 e. The van der Waals surface area contributed by atoms with E-state index in [0.717, 1.165) is 33.2 Å². The third kappa shape index (κ3) is 4.86. The lowest BCUT2D eigenvalue weighted by Gasteiger charge is -2.05. The Bertz CT molecular complexity index is 919. The standard InChI is InChI=1S/C21H22N2O3S/c1-4-26-17-10-8-16(9-11-17)20-14(2)27-21(23-20)22-19(24)13-15-6-5-7-18(12-15)25-3/h5-12H,4,13H2,1-3H3,(H,22,23,24). The second kappa shape index (κ2) is 8.68. The van der Waals surface area contributed by atoms with Gasteiger partial charge in [-0.1, -0.05) is 12.1 Å². The summed E-state index contributed by atoms with van der Waals surface area (Å²) in [5.74, 6) is 1.47. The fourth-order valence-electron chi connectivity index (χ4n) is 2.72. The van der Waals surface area contributed by atoms with Crippen LogP contribution >= 0.6 is 11.3 Å². The molecule has 5 nitrogen and oxygen atoms in total. The lowest BCUT2D eigenvalue weighted by molar-refractivity contribution is -0.115. The lowest BCUT2D eigenvalue weighted by Crippen LogP contribution is -2.14. The summed E-state index contributed by atoms with van der Waals surface area (Å²) in [5, 5.41) is 3.49. The molecule has 0 fully saturated rings. The van der Waals surface area contributed by atoms with Gasteiger partial charge in [-0.15, -0.1) is 11.3 Å². The number of hydrogen-bond acceptors (Lipinski definition) is 5. The zero-order chi connectivity index (χ0) is 19.2. The molecule has 1 amide bonds. The first-order valence-electron chi connectivity index (χ1n) is 8.72. The topological polar surface area (TPSA) is 60.5 Å². The molecule has 0 aliphatic rings. The minimum absolute atomic E-state index is 0.102. The molecule has 6 heteroatoms. The number of aryl methyl sites for hydroxylation is 1. The Kier molecular flexibility index (Phi) is 6.08. The van der Waals surface area contributed by atoms with Gasteiger partial charge in [0.05, 0.1) is 25.8 Å². The summed E-state index contributed by atoms with van der Waals surface area (Å²) in [6, 6.07) is 15.3. The van der Waals surface area contributed by atoms with Gasteiger partial charge < -0.3 is 14.8 Å². The zero-order valence-electron chi connectivity index (χ0n) is 15.6. The average molecular weight is 382 g/mol. The Morgan fingerprint density at radius 1 is 1.15 bits per heavy atom. The third-order valence-electron chi connectivity index (χ3n) is 3.98. The van der Waals surface area contributed by atoms with Crippen molar-refractivity contribution >= 4 is 22.4 Å². The highest BCUT2D eigenvalue weighted by atomic mass is 32.1. The maximum atomic E-state index is 12.4. The van der Waals surface area contributed by atoms with Crippen molar-refractivity contribution in [2.75, 3.05) is 19.0 Å². The first-order valence-corrected chi connectivity index (χ1v) is 9.54. The van der Waals surface area contributed by atoms with Crippen LogP contribution in [-0.4, -0.2) is 24.6 Å². The predicted octanol–water partition coefficient (Wildman–Crippen LogP) is 4.71. The molecule has 0 radical (unpaired) electrons. The van der Waals surface area contributed by atoms with Crippen LogP contribution in [-0.2, 0) is 11.2 Å². The number of rotatable bonds is 7. The minimum Gasteiger partial charge on any atom is -0.497 e. The van der Waals surface area contributed by atoms with Gasteiger partial charge in [-0.3, -0.25) is 4.79 Å². The summed E-state index contributed by atoms with van der Waals surface area (Å²) in [7, 11) is 1.61. The van der Waals surface area contributed by atoms with Gasteiger partial charge in [0.15, 0.2) is 5.13 Å². The number of thiazole rings is 1. The highest BCUT2D eigenvalue weighted by molar-refractivity contribution is 7.16.